The van der Waals surface area contributed by atoms with Gasteiger partial charge >= 0.3 is 0 Å². The minimum atomic E-state index is 0.583. The molecule has 0 heterocycles. The summed E-state index contributed by atoms with van der Waals surface area (Å²) in [6.07, 6.45) is 5.36. The van der Waals surface area contributed by atoms with E-state index in [0.717, 1.165) is 0 Å². The zero-order valence-electron chi connectivity index (χ0n) is 6.06. The molecule has 2 heteroatoms. The number of rotatable bonds is 2. The SMILES string of the molecule is C/C=C\C=C(\C)N(C)F. The van der Waals surface area contributed by atoms with E-state index in [9.17, 15) is 4.48 Å². The molecule has 0 N–H and O–H groups in total. The molecule has 0 saturated heterocycles. The van der Waals surface area contributed by atoms with Crippen LogP contribution in [0.25, 0.3) is 0 Å². The van der Waals surface area contributed by atoms with Crippen molar-refractivity contribution in [3.8, 4) is 0 Å². The van der Waals surface area contributed by atoms with E-state index in [-0.39, 0.29) is 0 Å². The third kappa shape index (κ3) is 3.76. The molecule has 52 valence electrons. The van der Waals surface area contributed by atoms with Crippen molar-refractivity contribution in [1.29, 1.82) is 0 Å². The monoisotopic (exact) mass is 129 g/mol. The fourth-order valence-electron chi connectivity index (χ4n) is 0.338. The Bertz CT molecular complexity index is 125. The summed E-state index contributed by atoms with van der Waals surface area (Å²) in [5, 5.41) is 0.583. The molecule has 0 unspecified atom stereocenters. The molecule has 0 spiro atoms. The van der Waals surface area contributed by atoms with E-state index in [2.05, 4.69) is 0 Å². The van der Waals surface area contributed by atoms with Crippen LogP contribution < -0.4 is 0 Å². The number of halogens is 1. The van der Waals surface area contributed by atoms with Crippen molar-refractivity contribution in [3.63, 3.8) is 0 Å². The van der Waals surface area contributed by atoms with Crippen molar-refractivity contribution in [3.05, 3.63) is 23.9 Å². The fraction of sp³-hybridized carbons (Fsp3) is 0.429. The summed E-state index contributed by atoms with van der Waals surface area (Å²) in [6.45, 7) is 3.60. The predicted octanol–water partition coefficient (Wildman–Crippen LogP) is 2.28. The Labute approximate surface area is 55.4 Å². The van der Waals surface area contributed by atoms with Gasteiger partial charge in [0, 0.05) is 12.7 Å². The third-order valence-corrected chi connectivity index (χ3v) is 1.02. The lowest BCUT2D eigenvalue weighted by Crippen LogP contribution is -2.00. The molecule has 0 aromatic heterocycles. The predicted molar refractivity (Wildman–Crippen MR) is 37.4 cm³/mol. The van der Waals surface area contributed by atoms with Crippen molar-refractivity contribution in [1.82, 2.24) is 5.12 Å². The van der Waals surface area contributed by atoms with Gasteiger partial charge < -0.3 is 0 Å². The van der Waals surface area contributed by atoms with Gasteiger partial charge in [-0.1, -0.05) is 12.2 Å². The van der Waals surface area contributed by atoms with Crippen LogP contribution in [0.5, 0.6) is 0 Å². The average Bonchev–Trinajstić information content (AvgIpc) is 1.82. The summed E-state index contributed by atoms with van der Waals surface area (Å²) in [4.78, 5) is 0. The van der Waals surface area contributed by atoms with Crippen LogP contribution in [-0.2, 0) is 0 Å². The lowest BCUT2D eigenvalue weighted by atomic mass is 10.4. The Morgan fingerprint density at radius 3 is 2.44 bits per heavy atom. The topological polar surface area (TPSA) is 3.24 Å². The van der Waals surface area contributed by atoms with Gasteiger partial charge in [0.15, 0.2) is 0 Å². The van der Waals surface area contributed by atoms with Gasteiger partial charge in [-0.25, -0.2) is 5.12 Å². The Morgan fingerprint density at radius 2 is 2.11 bits per heavy atom. The minimum absolute atomic E-state index is 0.583. The van der Waals surface area contributed by atoms with Crippen molar-refractivity contribution in [2.45, 2.75) is 13.8 Å². The van der Waals surface area contributed by atoms with Crippen LogP contribution in [0.15, 0.2) is 23.9 Å². The number of hydrogen-bond acceptors (Lipinski definition) is 1. The average molecular weight is 129 g/mol. The number of nitrogens with zero attached hydrogens (tertiary/aromatic N) is 1. The normalized spacial score (nSPS) is 12.7. The largest absolute Gasteiger partial charge is 0.219 e. The van der Waals surface area contributed by atoms with E-state index < -0.39 is 0 Å². The number of allylic oxidation sites excluding steroid dienone is 4. The van der Waals surface area contributed by atoms with Crippen molar-refractivity contribution in [2.75, 3.05) is 7.05 Å². The Hall–Kier alpha value is -0.790. The summed E-state index contributed by atoms with van der Waals surface area (Å²) in [5.41, 5.74) is 0.605. The highest BCUT2D eigenvalue weighted by atomic mass is 19.2. The maximum atomic E-state index is 12.1. The highest BCUT2D eigenvalue weighted by Crippen LogP contribution is 1.98. The van der Waals surface area contributed by atoms with Gasteiger partial charge in [0.2, 0.25) is 0 Å². The first-order chi connectivity index (χ1) is 4.18. The summed E-state index contributed by atoms with van der Waals surface area (Å²) < 4.78 is 12.1. The van der Waals surface area contributed by atoms with E-state index in [1.54, 1.807) is 19.1 Å². The first-order valence-corrected chi connectivity index (χ1v) is 2.87. The second-order valence-electron chi connectivity index (χ2n) is 1.81. The second kappa shape index (κ2) is 4.13. The Morgan fingerprint density at radius 1 is 1.56 bits per heavy atom. The van der Waals surface area contributed by atoms with Crippen LogP contribution in [0.4, 0.5) is 4.48 Å². The summed E-state index contributed by atoms with van der Waals surface area (Å²) in [5.74, 6) is 0. The van der Waals surface area contributed by atoms with Gasteiger partial charge in [-0.3, -0.25) is 0 Å². The van der Waals surface area contributed by atoms with Crippen LogP contribution in [0.3, 0.4) is 0 Å². The molecule has 1 nitrogen and oxygen atoms in total. The quantitative estimate of drug-likeness (QED) is 0.408. The molecule has 0 aliphatic rings. The molecular formula is C7H12FN. The molecule has 0 aliphatic carbocycles. The summed E-state index contributed by atoms with van der Waals surface area (Å²) >= 11 is 0. The van der Waals surface area contributed by atoms with Crippen LogP contribution in [0.2, 0.25) is 0 Å². The molecule has 0 rings (SSSR count). The lowest BCUT2D eigenvalue weighted by Gasteiger charge is -2.04. The van der Waals surface area contributed by atoms with Gasteiger partial charge in [-0.05, 0) is 19.9 Å². The zero-order valence-corrected chi connectivity index (χ0v) is 6.06. The summed E-state index contributed by atoms with van der Waals surface area (Å²) in [7, 11) is 1.37. The molecule has 0 amide bonds. The van der Waals surface area contributed by atoms with Crippen LogP contribution in [0, 0.1) is 0 Å². The van der Waals surface area contributed by atoms with E-state index >= 15 is 0 Å². The van der Waals surface area contributed by atoms with Crippen molar-refractivity contribution >= 4 is 0 Å². The Balaban J connectivity index is 3.84. The van der Waals surface area contributed by atoms with Gasteiger partial charge in [0.25, 0.3) is 0 Å². The first kappa shape index (κ1) is 8.21. The van der Waals surface area contributed by atoms with E-state index in [4.69, 9.17) is 0 Å². The fourth-order valence-corrected chi connectivity index (χ4v) is 0.338. The molecule has 0 aromatic rings. The maximum Gasteiger partial charge on any atom is 0.0427 e. The van der Waals surface area contributed by atoms with E-state index in [1.165, 1.54) is 7.05 Å². The van der Waals surface area contributed by atoms with Gasteiger partial charge in [-0.15, -0.1) is 4.48 Å². The molecule has 0 saturated carbocycles. The minimum Gasteiger partial charge on any atom is -0.219 e. The zero-order chi connectivity index (χ0) is 7.28. The van der Waals surface area contributed by atoms with Crippen LogP contribution >= 0.6 is 0 Å². The molecule has 9 heavy (non-hydrogen) atoms. The molecular weight excluding hydrogens is 117 g/mol. The summed E-state index contributed by atoms with van der Waals surface area (Å²) in [6, 6.07) is 0. The second-order valence-corrected chi connectivity index (χ2v) is 1.81. The highest BCUT2D eigenvalue weighted by molar-refractivity contribution is 5.07. The molecule has 0 bridgehead atoms. The van der Waals surface area contributed by atoms with E-state index in [1.807, 2.05) is 13.0 Å². The molecule has 0 radical (unpaired) electrons. The first-order valence-electron chi connectivity index (χ1n) is 2.87. The van der Waals surface area contributed by atoms with Gasteiger partial charge in [-0.2, -0.15) is 0 Å². The lowest BCUT2D eigenvalue weighted by molar-refractivity contribution is 0.108. The van der Waals surface area contributed by atoms with E-state index in [0.29, 0.717) is 10.8 Å². The molecule has 0 aromatic carbocycles. The maximum absolute atomic E-state index is 12.1. The van der Waals surface area contributed by atoms with Crippen LogP contribution in [-0.4, -0.2) is 12.2 Å². The van der Waals surface area contributed by atoms with Crippen molar-refractivity contribution < 1.29 is 4.48 Å². The van der Waals surface area contributed by atoms with Gasteiger partial charge in [0.1, 0.15) is 0 Å². The number of hydrogen-bond donors (Lipinski definition) is 0. The van der Waals surface area contributed by atoms with Crippen molar-refractivity contribution in [2.24, 2.45) is 0 Å². The highest BCUT2D eigenvalue weighted by Gasteiger charge is 1.89. The van der Waals surface area contributed by atoms with Gasteiger partial charge in [0.05, 0.1) is 0 Å². The molecule has 0 aliphatic heterocycles. The standard InChI is InChI=1S/C7H12FN/c1-4-5-6-7(2)9(3)8/h4-6H,1-3H3/b5-4-,7-6-. The molecule has 0 atom stereocenters. The molecule has 0 fully saturated rings. The Kier molecular flexibility index (Phi) is 3.76. The van der Waals surface area contributed by atoms with Crippen LogP contribution in [0.1, 0.15) is 13.8 Å². The third-order valence-electron chi connectivity index (χ3n) is 1.02. The smallest absolute Gasteiger partial charge is 0.0427 e.